The van der Waals surface area contributed by atoms with Gasteiger partial charge in [0.1, 0.15) is 0 Å². The molecule has 0 aliphatic heterocycles. The first-order valence-electron chi connectivity index (χ1n) is 5.49. The van der Waals surface area contributed by atoms with Gasteiger partial charge in [-0.25, -0.2) is 0 Å². The van der Waals surface area contributed by atoms with E-state index >= 15 is 0 Å². The maximum absolute atomic E-state index is 11.1. The van der Waals surface area contributed by atoms with Gasteiger partial charge in [0.2, 0.25) is 0 Å². The fraction of sp³-hybridized carbons (Fsp3) is 0.385. The Bertz CT molecular complexity index is 434. The van der Waals surface area contributed by atoms with Crippen LogP contribution < -0.4 is 5.32 Å². The van der Waals surface area contributed by atoms with Crippen LogP contribution in [0.3, 0.4) is 0 Å². The van der Waals surface area contributed by atoms with Crippen LogP contribution in [0.5, 0.6) is 0 Å². The predicted molar refractivity (Wildman–Crippen MR) is 65.7 cm³/mol. The number of anilines is 1. The Hall–Kier alpha value is -2.02. The fourth-order valence-electron chi connectivity index (χ4n) is 1.31. The van der Waals surface area contributed by atoms with Gasteiger partial charge in [-0.15, -0.1) is 0 Å². The monoisotopic (exact) mass is 232 g/mol. The molecule has 0 saturated heterocycles. The van der Waals surface area contributed by atoms with Crippen molar-refractivity contribution < 1.29 is 9.90 Å². The van der Waals surface area contributed by atoms with Gasteiger partial charge in [0.05, 0.1) is 17.0 Å². The second kappa shape index (κ2) is 5.35. The Morgan fingerprint density at radius 2 is 2.06 bits per heavy atom. The van der Waals surface area contributed by atoms with Crippen molar-refractivity contribution in [2.75, 3.05) is 11.9 Å². The number of nitriles is 1. The van der Waals surface area contributed by atoms with Crippen LogP contribution in [0.4, 0.5) is 5.69 Å². The molecule has 4 nitrogen and oxygen atoms in total. The van der Waals surface area contributed by atoms with Gasteiger partial charge >= 0.3 is 5.97 Å². The molecule has 90 valence electrons. The van der Waals surface area contributed by atoms with Gasteiger partial charge in [-0.05, 0) is 37.6 Å². The number of carboxylic acid groups (broad SMARTS) is 1. The number of carboxylic acids is 1. The molecule has 17 heavy (non-hydrogen) atoms. The van der Waals surface area contributed by atoms with Crippen LogP contribution in [0.1, 0.15) is 25.8 Å². The summed E-state index contributed by atoms with van der Waals surface area (Å²) in [5.41, 5.74) is 0.644. The average Bonchev–Trinajstić information content (AvgIpc) is 2.36. The lowest BCUT2D eigenvalue weighted by atomic mass is 9.87. The van der Waals surface area contributed by atoms with E-state index in [-0.39, 0.29) is 0 Å². The molecule has 1 atom stereocenters. The first kappa shape index (κ1) is 13.0. The second-order valence-corrected chi connectivity index (χ2v) is 4.26. The summed E-state index contributed by atoms with van der Waals surface area (Å²) < 4.78 is 0. The van der Waals surface area contributed by atoms with E-state index in [1.807, 2.05) is 13.0 Å². The van der Waals surface area contributed by atoms with Gasteiger partial charge in [0.15, 0.2) is 0 Å². The van der Waals surface area contributed by atoms with Crippen LogP contribution in [-0.2, 0) is 4.79 Å². The number of aliphatic carboxylic acids is 1. The molecule has 0 aromatic heterocycles. The Kier molecular flexibility index (Phi) is 4.11. The molecule has 1 unspecified atom stereocenters. The number of carbonyl (C=O) groups is 1. The van der Waals surface area contributed by atoms with E-state index in [4.69, 9.17) is 10.4 Å². The number of nitrogens with zero attached hydrogens (tertiary/aromatic N) is 1. The minimum absolute atomic E-state index is 0.366. The average molecular weight is 232 g/mol. The van der Waals surface area contributed by atoms with Crippen molar-refractivity contribution >= 4 is 11.7 Å². The molecular formula is C13H16N2O2. The molecule has 0 bridgehead atoms. The molecule has 0 fully saturated rings. The largest absolute Gasteiger partial charge is 0.481 e. The number of nitrogens with one attached hydrogen (secondary N) is 1. The van der Waals surface area contributed by atoms with Crippen LogP contribution in [0.15, 0.2) is 24.3 Å². The van der Waals surface area contributed by atoms with E-state index < -0.39 is 11.4 Å². The Morgan fingerprint density at radius 3 is 2.47 bits per heavy atom. The van der Waals surface area contributed by atoms with E-state index in [0.29, 0.717) is 18.5 Å². The molecule has 4 heteroatoms. The summed E-state index contributed by atoms with van der Waals surface area (Å²) in [5.74, 6) is -0.804. The predicted octanol–water partition coefficient (Wildman–Crippen LogP) is 2.47. The number of rotatable bonds is 5. The quantitative estimate of drug-likeness (QED) is 0.817. The molecule has 1 rings (SSSR count). The lowest BCUT2D eigenvalue weighted by Crippen LogP contribution is -2.34. The van der Waals surface area contributed by atoms with Crippen molar-refractivity contribution in [3.8, 4) is 6.07 Å². The molecule has 0 aliphatic rings. The highest BCUT2D eigenvalue weighted by atomic mass is 16.4. The van der Waals surface area contributed by atoms with Gasteiger partial charge in [-0.1, -0.05) is 6.92 Å². The van der Waals surface area contributed by atoms with Crippen LogP contribution in [-0.4, -0.2) is 17.6 Å². The maximum Gasteiger partial charge on any atom is 0.311 e. The summed E-state index contributed by atoms with van der Waals surface area (Å²) in [5, 5.41) is 20.8. The number of hydrogen-bond acceptors (Lipinski definition) is 3. The van der Waals surface area contributed by atoms with Crippen molar-refractivity contribution in [3.63, 3.8) is 0 Å². The van der Waals surface area contributed by atoms with E-state index in [0.717, 1.165) is 5.69 Å². The molecule has 1 aromatic carbocycles. The SMILES string of the molecule is CCC(C)(CNc1ccc(C#N)cc1)C(=O)O. The second-order valence-electron chi connectivity index (χ2n) is 4.26. The van der Waals surface area contributed by atoms with E-state index in [1.165, 1.54) is 0 Å². The first-order chi connectivity index (χ1) is 8.01. The van der Waals surface area contributed by atoms with Gasteiger partial charge in [0.25, 0.3) is 0 Å². The molecular weight excluding hydrogens is 216 g/mol. The highest BCUT2D eigenvalue weighted by molar-refractivity contribution is 5.75. The summed E-state index contributed by atoms with van der Waals surface area (Å²) >= 11 is 0. The minimum atomic E-state index is -0.804. The first-order valence-corrected chi connectivity index (χ1v) is 5.49. The van der Waals surface area contributed by atoms with E-state index in [2.05, 4.69) is 5.32 Å². The highest BCUT2D eigenvalue weighted by Crippen LogP contribution is 2.22. The van der Waals surface area contributed by atoms with E-state index in [1.54, 1.807) is 31.2 Å². The molecule has 0 heterocycles. The third-order valence-corrected chi connectivity index (χ3v) is 2.99. The van der Waals surface area contributed by atoms with Crippen LogP contribution in [0.25, 0.3) is 0 Å². The summed E-state index contributed by atoms with van der Waals surface area (Å²) in [6, 6.07) is 8.98. The zero-order valence-electron chi connectivity index (χ0n) is 10.0. The summed E-state index contributed by atoms with van der Waals surface area (Å²) in [7, 11) is 0. The molecule has 1 aromatic rings. The standard InChI is InChI=1S/C13H16N2O2/c1-3-13(2,12(16)17)9-15-11-6-4-10(8-14)5-7-11/h4-7,15H,3,9H2,1-2H3,(H,16,17). The lowest BCUT2D eigenvalue weighted by Gasteiger charge is -2.23. The molecule has 0 radical (unpaired) electrons. The fourth-order valence-corrected chi connectivity index (χ4v) is 1.31. The van der Waals surface area contributed by atoms with Crippen molar-refractivity contribution in [1.82, 2.24) is 0 Å². The summed E-state index contributed by atoms with van der Waals surface area (Å²) in [4.78, 5) is 11.1. The molecule has 2 N–H and O–H groups in total. The molecule has 0 spiro atoms. The summed E-state index contributed by atoms with van der Waals surface area (Å²) in [6.07, 6.45) is 0.561. The Labute approximate surface area is 101 Å². The van der Waals surface area contributed by atoms with Gasteiger partial charge in [-0.3, -0.25) is 4.79 Å². The van der Waals surface area contributed by atoms with Crippen molar-refractivity contribution in [3.05, 3.63) is 29.8 Å². The molecule has 0 aliphatic carbocycles. The Balaban J connectivity index is 2.67. The Morgan fingerprint density at radius 1 is 1.47 bits per heavy atom. The van der Waals surface area contributed by atoms with Gasteiger partial charge in [0, 0.05) is 12.2 Å². The topological polar surface area (TPSA) is 73.1 Å². The van der Waals surface area contributed by atoms with Gasteiger partial charge < -0.3 is 10.4 Å². The lowest BCUT2D eigenvalue weighted by molar-refractivity contribution is -0.147. The highest BCUT2D eigenvalue weighted by Gasteiger charge is 2.30. The third-order valence-electron chi connectivity index (χ3n) is 2.99. The van der Waals surface area contributed by atoms with Crippen molar-refractivity contribution in [2.24, 2.45) is 5.41 Å². The smallest absolute Gasteiger partial charge is 0.311 e. The van der Waals surface area contributed by atoms with Gasteiger partial charge in [-0.2, -0.15) is 5.26 Å². The normalized spacial score (nSPS) is 13.5. The number of hydrogen-bond donors (Lipinski definition) is 2. The van der Waals surface area contributed by atoms with Crippen LogP contribution in [0.2, 0.25) is 0 Å². The summed E-state index contributed by atoms with van der Waals surface area (Å²) in [6.45, 7) is 3.94. The van der Waals surface area contributed by atoms with Crippen LogP contribution >= 0.6 is 0 Å². The zero-order valence-corrected chi connectivity index (χ0v) is 10.0. The molecule has 0 saturated carbocycles. The van der Waals surface area contributed by atoms with E-state index in [9.17, 15) is 4.79 Å². The van der Waals surface area contributed by atoms with Crippen molar-refractivity contribution in [1.29, 1.82) is 5.26 Å². The third kappa shape index (κ3) is 3.22. The van der Waals surface area contributed by atoms with Crippen molar-refractivity contribution in [2.45, 2.75) is 20.3 Å². The number of benzene rings is 1. The van der Waals surface area contributed by atoms with Crippen LogP contribution in [0, 0.1) is 16.7 Å². The molecule has 0 amide bonds. The minimum Gasteiger partial charge on any atom is -0.481 e. The zero-order chi connectivity index (χ0) is 12.9. The maximum atomic E-state index is 11.1.